The molecule has 0 spiro atoms. The number of hydrogen-bond acceptors (Lipinski definition) is 5. The number of nitrogens with zero attached hydrogens (tertiary/aromatic N) is 3. The number of fused-ring (bicyclic) bond motifs is 3. The van der Waals surface area contributed by atoms with Crippen molar-refractivity contribution in [2.45, 2.75) is 18.5 Å². The van der Waals surface area contributed by atoms with E-state index < -0.39 is 12.0 Å². The summed E-state index contributed by atoms with van der Waals surface area (Å²) in [5.74, 6) is 0.0536. The number of ether oxygens (including phenoxy) is 1. The van der Waals surface area contributed by atoms with Crippen molar-refractivity contribution < 1.29 is 14.3 Å². The number of amides is 2. The second-order valence-corrected chi connectivity index (χ2v) is 7.79. The standard InChI is InChI=1S/C21H20ClN3O3/c1-28-16-9-3-13(4-10-16)18-17-19(24-12-2-11-23(18)24)21(27)25(20(17)26)15-7-5-14(22)6-8-15/h3-10,17-19H,2,11-12H2,1H3/t17-,18+,19-/m0/s1. The largest absolute Gasteiger partial charge is 0.497 e. The van der Waals surface area contributed by atoms with E-state index in [-0.39, 0.29) is 17.9 Å². The third-order valence-corrected chi connectivity index (χ3v) is 6.20. The summed E-state index contributed by atoms with van der Waals surface area (Å²) in [6.45, 7) is 1.65. The van der Waals surface area contributed by atoms with Gasteiger partial charge in [0.15, 0.2) is 0 Å². The van der Waals surface area contributed by atoms with Gasteiger partial charge in [-0.05, 0) is 48.4 Å². The first-order valence-corrected chi connectivity index (χ1v) is 9.78. The lowest BCUT2D eigenvalue weighted by atomic mass is 9.90. The molecule has 28 heavy (non-hydrogen) atoms. The van der Waals surface area contributed by atoms with Crippen molar-refractivity contribution in [1.29, 1.82) is 0 Å². The molecule has 2 amide bonds. The summed E-state index contributed by atoms with van der Waals surface area (Å²) in [5.41, 5.74) is 1.60. The first-order valence-electron chi connectivity index (χ1n) is 9.40. The average molecular weight is 398 g/mol. The zero-order chi connectivity index (χ0) is 19.4. The fourth-order valence-corrected chi connectivity index (χ4v) is 4.89. The number of hydrogen-bond donors (Lipinski definition) is 0. The van der Waals surface area contributed by atoms with Gasteiger partial charge < -0.3 is 4.74 Å². The van der Waals surface area contributed by atoms with Crippen LogP contribution in [0.1, 0.15) is 18.0 Å². The minimum atomic E-state index is -0.447. The van der Waals surface area contributed by atoms with Gasteiger partial charge in [0, 0.05) is 18.1 Å². The molecule has 3 aliphatic heterocycles. The molecule has 2 aromatic carbocycles. The minimum Gasteiger partial charge on any atom is -0.497 e. The Morgan fingerprint density at radius 3 is 2.18 bits per heavy atom. The maximum atomic E-state index is 13.4. The van der Waals surface area contributed by atoms with E-state index in [1.165, 1.54) is 4.90 Å². The second kappa shape index (κ2) is 6.58. The number of hydrazine groups is 1. The van der Waals surface area contributed by atoms with Crippen LogP contribution in [-0.4, -0.2) is 48.1 Å². The van der Waals surface area contributed by atoms with Crippen molar-refractivity contribution in [3.05, 3.63) is 59.1 Å². The molecule has 0 saturated carbocycles. The monoisotopic (exact) mass is 397 g/mol. The molecule has 0 bridgehead atoms. The van der Waals surface area contributed by atoms with Gasteiger partial charge in [-0.15, -0.1) is 0 Å². The second-order valence-electron chi connectivity index (χ2n) is 7.36. The van der Waals surface area contributed by atoms with Gasteiger partial charge in [-0.1, -0.05) is 23.7 Å². The number of carbonyl (C=O) groups excluding carboxylic acids is 2. The predicted molar refractivity (Wildman–Crippen MR) is 105 cm³/mol. The number of benzene rings is 2. The van der Waals surface area contributed by atoms with Crippen molar-refractivity contribution in [1.82, 2.24) is 10.0 Å². The Balaban J connectivity index is 1.55. The van der Waals surface area contributed by atoms with Crippen LogP contribution in [0.4, 0.5) is 5.69 Å². The molecule has 3 fully saturated rings. The van der Waals surface area contributed by atoms with Crippen LogP contribution in [0.25, 0.3) is 0 Å². The topological polar surface area (TPSA) is 53.1 Å². The van der Waals surface area contributed by atoms with Gasteiger partial charge >= 0.3 is 0 Å². The van der Waals surface area contributed by atoms with Gasteiger partial charge in [0.2, 0.25) is 5.91 Å². The summed E-state index contributed by atoms with van der Waals surface area (Å²) in [6.07, 6.45) is 0.984. The molecule has 3 heterocycles. The van der Waals surface area contributed by atoms with Crippen LogP contribution in [-0.2, 0) is 9.59 Å². The zero-order valence-electron chi connectivity index (χ0n) is 15.4. The lowest BCUT2D eigenvalue weighted by molar-refractivity contribution is -0.126. The van der Waals surface area contributed by atoms with Gasteiger partial charge in [-0.25, -0.2) is 14.9 Å². The molecule has 7 heteroatoms. The van der Waals surface area contributed by atoms with E-state index >= 15 is 0 Å². The highest BCUT2D eigenvalue weighted by atomic mass is 35.5. The fraction of sp³-hybridized carbons (Fsp3) is 0.333. The predicted octanol–water partition coefficient (Wildman–Crippen LogP) is 2.88. The Hall–Kier alpha value is -2.41. The van der Waals surface area contributed by atoms with Crippen LogP contribution in [0.3, 0.4) is 0 Å². The number of imide groups is 1. The number of methoxy groups -OCH3 is 1. The van der Waals surface area contributed by atoms with Crippen molar-refractivity contribution in [2.24, 2.45) is 5.92 Å². The average Bonchev–Trinajstić information content (AvgIpc) is 3.35. The van der Waals surface area contributed by atoms with E-state index in [1.54, 1.807) is 31.4 Å². The molecule has 5 rings (SSSR count). The molecule has 3 aliphatic rings. The molecule has 3 atom stereocenters. The summed E-state index contributed by atoms with van der Waals surface area (Å²) in [6, 6.07) is 14.1. The molecule has 0 unspecified atom stereocenters. The summed E-state index contributed by atoms with van der Waals surface area (Å²) in [4.78, 5) is 28.0. The normalized spacial score (nSPS) is 27.4. The highest BCUT2D eigenvalue weighted by Gasteiger charge is 2.62. The summed E-state index contributed by atoms with van der Waals surface area (Å²) in [7, 11) is 1.63. The molecule has 0 aliphatic carbocycles. The highest BCUT2D eigenvalue weighted by molar-refractivity contribution is 6.31. The van der Waals surface area contributed by atoms with E-state index in [1.807, 2.05) is 24.3 Å². The van der Waals surface area contributed by atoms with Crippen LogP contribution in [0.2, 0.25) is 5.02 Å². The Kier molecular flexibility index (Phi) is 4.16. The molecule has 3 saturated heterocycles. The Bertz CT molecular complexity index is 931. The number of rotatable bonds is 3. The van der Waals surface area contributed by atoms with Gasteiger partial charge in [-0.2, -0.15) is 0 Å². The lowest BCUT2D eigenvalue weighted by Crippen LogP contribution is -2.44. The maximum absolute atomic E-state index is 13.4. The van der Waals surface area contributed by atoms with Gasteiger partial charge in [-0.3, -0.25) is 9.59 Å². The third-order valence-electron chi connectivity index (χ3n) is 5.95. The van der Waals surface area contributed by atoms with E-state index in [0.29, 0.717) is 10.7 Å². The Morgan fingerprint density at radius 2 is 1.54 bits per heavy atom. The van der Waals surface area contributed by atoms with Gasteiger partial charge in [0.05, 0.1) is 24.8 Å². The minimum absolute atomic E-state index is 0.146. The van der Waals surface area contributed by atoms with Crippen LogP contribution >= 0.6 is 11.6 Å². The first kappa shape index (κ1) is 17.7. The quantitative estimate of drug-likeness (QED) is 0.745. The zero-order valence-corrected chi connectivity index (χ0v) is 16.2. The fourth-order valence-electron chi connectivity index (χ4n) is 4.76. The van der Waals surface area contributed by atoms with E-state index in [4.69, 9.17) is 16.3 Å². The smallest absolute Gasteiger partial charge is 0.253 e. The van der Waals surface area contributed by atoms with E-state index in [2.05, 4.69) is 10.0 Å². The van der Waals surface area contributed by atoms with Crippen molar-refractivity contribution >= 4 is 29.1 Å². The molecular formula is C21H20ClN3O3. The van der Waals surface area contributed by atoms with Gasteiger partial charge in [0.25, 0.3) is 5.91 Å². The summed E-state index contributed by atoms with van der Waals surface area (Å²) >= 11 is 5.97. The molecule has 144 valence electrons. The molecular weight excluding hydrogens is 378 g/mol. The number of carbonyl (C=O) groups is 2. The van der Waals surface area contributed by atoms with E-state index in [0.717, 1.165) is 30.8 Å². The Morgan fingerprint density at radius 1 is 0.893 bits per heavy atom. The van der Waals surface area contributed by atoms with Crippen molar-refractivity contribution in [3.63, 3.8) is 0 Å². The molecule has 0 N–H and O–H groups in total. The van der Waals surface area contributed by atoms with Gasteiger partial charge in [0.1, 0.15) is 11.8 Å². The maximum Gasteiger partial charge on any atom is 0.253 e. The molecule has 0 radical (unpaired) electrons. The SMILES string of the molecule is COc1ccc([C@@H]2[C@@H]3C(=O)N(c4ccc(Cl)cc4)C(=O)[C@H]3N3CCCN23)cc1. The molecule has 2 aromatic rings. The van der Waals surface area contributed by atoms with Crippen molar-refractivity contribution in [2.75, 3.05) is 25.1 Å². The lowest BCUT2D eigenvalue weighted by Gasteiger charge is -2.29. The van der Waals surface area contributed by atoms with Crippen molar-refractivity contribution in [3.8, 4) is 5.75 Å². The first-order chi connectivity index (χ1) is 13.6. The van der Waals surface area contributed by atoms with Crippen LogP contribution in [0.15, 0.2) is 48.5 Å². The third kappa shape index (κ3) is 2.49. The highest BCUT2D eigenvalue weighted by Crippen LogP contribution is 2.49. The summed E-state index contributed by atoms with van der Waals surface area (Å²) < 4.78 is 5.26. The van der Waals surface area contributed by atoms with Crippen LogP contribution in [0, 0.1) is 5.92 Å². The Labute approximate surface area is 168 Å². The number of anilines is 1. The van der Waals surface area contributed by atoms with E-state index in [9.17, 15) is 9.59 Å². The van der Waals surface area contributed by atoms with Crippen LogP contribution in [0.5, 0.6) is 5.75 Å². The summed E-state index contributed by atoms with van der Waals surface area (Å²) in [5, 5.41) is 4.87. The van der Waals surface area contributed by atoms with Crippen LogP contribution < -0.4 is 9.64 Å². The molecule has 0 aromatic heterocycles. The number of halogens is 1. The molecule has 6 nitrogen and oxygen atoms in total.